The van der Waals surface area contributed by atoms with Gasteiger partial charge in [-0.25, -0.2) is 4.18 Å². The van der Waals surface area contributed by atoms with E-state index < -0.39 is 62.9 Å². The number of aliphatic hydroxyl groups is 2. The maximum Gasteiger partial charge on any atom is 0.397 e. The lowest BCUT2D eigenvalue weighted by Crippen LogP contribution is -2.65. The van der Waals surface area contributed by atoms with Crippen molar-refractivity contribution in [3.8, 4) is 5.75 Å². The minimum atomic E-state index is -4.92. The van der Waals surface area contributed by atoms with Crippen molar-refractivity contribution < 1.29 is 54.7 Å². The van der Waals surface area contributed by atoms with Crippen LogP contribution in [0.15, 0.2) is 24.3 Å². The maximum absolute atomic E-state index is 11.1. The van der Waals surface area contributed by atoms with E-state index in [1.54, 1.807) is 4.72 Å². The summed E-state index contributed by atoms with van der Waals surface area (Å²) in [6.07, 6.45) is -7.28. The molecule has 17 heteroatoms. The molecule has 0 radical (unpaired) electrons. The Morgan fingerprint density at radius 1 is 1.10 bits per heavy atom. The smallest absolute Gasteiger partial charge is 0.397 e. The van der Waals surface area contributed by atoms with Crippen molar-refractivity contribution in [2.75, 3.05) is 6.61 Å². The number of non-ortho nitro benzene ring substituents is 1. The lowest BCUT2D eigenvalue weighted by atomic mass is 9.98. The summed E-state index contributed by atoms with van der Waals surface area (Å²) < 4.78 is 77.4. The number of ether oxygens (including phenoxy) is 2. The second kappa shape index (κ2) is 8.81. The molecule has 2 rings (SSSR count). The maximum atomic E-state index is 11.1. The Bertz CT molecular complexity index is 931. The molecule has 1 heterocycles. The molecule has 164 valence electrons. The van der Waals surface area contributed by atoms with E-state index in [9.17, 15) is 37.2 Å². The summed E-state index contributed by atoms with van der Waals surface area (Å²) in [6, 6.07) is 2.55. The summed E-state index contributed by atoms with van der Waals surface area (Å²) in [7, 11) is -9.84. The van der Waals surface area contributed by atoms with Gasteiger partial charge >= 0.3 is 20.7 Å². The number of nitro benzene ring substituents is 1. The van der Waals surface area contributed by atoms with E-state index in [0.29, 0.717) is 0 Å². The van der Waals surface area contributed by atoms with Crippen molar-refractivity contribution in [3.05, 3.63) is 34.4 Å². The van der Waals surface area contributed by atoms with E-state index in [2.05, 4.69) is 4.18 Å². The van der Waals surface area contributed by atoms with Crippen molar-refractivity contribution in [2.24, 2.45) is 0 Å². The molecule has 1 aromatic rings. The highest BCUT2D eigenvalue weighted by Gasteiger charge is 2.47. The summed E-state index contributed by atoms with van der Waals surface area (Å²) >= 11 is 0. The summed E-state index contributed by atoms with van der Waals surface area (Å²) in [6.45, 7) is -0.976. The number of rotatable bonds is 8. The van der Waals surface area contributed by atoms with Crippen LogP contribution in [0.25, 0.3) is 0 Å². The zero-order chi connectivity index (χ0) is 22.0. The standard InChI is InChI=1S/C12H16N2O13S2/c15-10-8(5-25-29(22,23)24)27-12(9(11(10)16)13-28(19,20)21)26-7-3-1-6(2-4-7)14(17)18/h1-4,8-13,15-16H,5H2,(H,19,20,21)(H,22,23,24)/t8-,9-,10-,11-,12-/m1/s1. The monoisotopic (exact) mass is 460 g/mol. The highest BCUT2D eigenvalue weighted by molar-refractivity contribution is 7.83. The largest absolute Gasteiger partial charge is 0.463 e. The van der Waals surface area contributed by atoms with Crippen molar-refractivity contribution in [2.45, 2.75) is 30.6 Å². The van der Waals surface area contributed by atoms with Gasteiger partial charge < -0.3 is 19.7 Å². The molecule has 5 N–H and O–H groups in total. The van der Waals surface area contributed by atoms with Crippen LogP contribution < -0.4 is 9.46 Å². The third kappa shape index (κ3) is 6.80. The minimum Gasteiger partial charge on any atom is -0.463 e. The van der Waals surface area contributed by atoms with Crippen molar-refractivity contribution >= 4 is 26.4 Å². The van der Waals surface area contributed by atoms with Crippen LogP contribution in [0.2, 0.25) is 0 Å². The lowest BCUT2D eigenvalue weighted by molar-refractivity contribution is -0.384. The summed E-state index contributed by atoms with van der Waals surface area (Å²) in [5, 5.41) is 30.8. The molecule has 1 fully saturated rings. The third-order valence-corrected chi connectivity index (χ3v) is 4.67. The molecule has 0 unspecified atom stereocenters. The van der Waals surface area contributed by atoms with Crippen molar-refractivity contribution in [1.82, 2.24) is 4.72 Å². The van der Waals surface area contributed by atoms with Crippen LogP contribution in [0.1, 0.15) is 0 Å². The van der Waals surface area contributed by atoms with E-state index in [1.165, 1.54) is 0 Å². The molecule has 1 aliphatic heterocycles. The molecule has 0 aromatic heterocycles. The van der Waals surface area contributed by atoms with Gasteiger partial charge in [0.05, 0.1) is 11.5 Å². The Balaban J connectivity index is 2.26. The fourth-order valence-electron chi connectivity index (χ4n) is 2.40. The van der Waals surface area contributed by atoms with Crippen LogP contribution in [0, 0.1) is 10.1 Å². The second-order valence-corrected chi connectivity index (χ2v) is 8.00. The van der Waals surface area contributed by atoms with E-state index in [-0.39, 0.29) is 11.4 Å². The molecule has 0 amide bonds. The zero-order valence-electron chi connectivity index (χ0n) is 14.1. The van der Waals surface area contributed by atoms with Gasteiger partial charge in [0.1, 0.15) is 30.1 Å². The van der Waals surface area contributed by atoms with Crippen LogP contribution in [0.4, 0.5) is 5.69 Å². The fraction of sp³-hybridized carbons (Fsp3) is 0.500. The van der Waals surface area contributed by atoms with Crippen molar-refractivity contribution in [1.29, 1.82) is 0 Å². The van der Waals surface area contributed by atoms with Gasteiger partial charge in [0.2, 0.25) is 6.29 Å². The van der Waals surface area contributed by atoms with Gasteiger partial charge in [-0.2, -0.15) is 21.6 Å². The SMILES string of the molecule is O=[N+]([O-])c1ccc(O[C@@H]2O[C@H](COS(=O)(=O)O)[C@@H](O)[C@H](O)[C@H]2NS(=O)(=O)O)cc1. The fourth-order valence-corrected chi connectivity index (χ4v) is 3.30. The van der Waals surface area contributed by atoms with Gasteiger partial charge in [0, 0.05) is 12.1 Å². The van der Waals surface area contributed by atoms with E-state index in [0.717, 1.165) is 24.3 Å². The van der Waals surface area contributed by atoms with Gasteiger partial charge in [0.25, 0.3) is 5.69 Å². The highest BCUT2D eigenvalue weighted by atomic mass is 32.3. The Morgan fingerprint density at radius 3 is 2.17 bits per heavy atom. The molecule has 0 spiro atoms. The Kier molecular flexibility index (Phi) is 7.09. The lowest BCUT2D eigenvalue weighted by Gasteiger charge is -2.41. The second-order valence-electron chi connectivity index (χ2n) is 5.72. The molecule has 29 heavy (non-hydrogen) atoms. The summed E-state index contributed by atoms with van der Waals surface area (Å²) in [5.74, 6) is -0.0965. The average Bonchev–Trinajstić information content (AvgIpc) is 2.59. The van der Waals surface area contributed by atoms with Gasteiger partial charge in [-0.15, -0.1) is 0 Å². The van der Waals surface area contributed by atoms with Gasteiger partial charge in [0.15, 0.2) is 0 Å². The Morgan fingerprint density at radius 2 is 1.69 bits per heavy atom. The van der Waals surface area contributed by atoms with Crippen LogP contribution >= 0.6 is 0 Å². The Hall–Kier alpha value is -1.96. The molecular formula is C12H16N2O13S2. The van der Waals surface area contributed by atoms with Gasteiger partial charge in [-0.3, -0.25) is 19.2 Å². The summed E-state index contributed by atoms with van der Waals surface area (Å²) in [4.78, 5) is 9.99. The van der Waals surface area contributed by atoms with Gasteiger partial charge in [-0.05, 0) is 12.1 Å². The van der Waals surface area contributed by atoms with Crippen LogP contribution in [0.5, 0.6) is 5.75 Å². The molecule has 0 bridgehead atoms. The molecule has 1 saturated heterocycles. The number of nitro groups is 1. The highest BCUT2D eigenvalue weighted by Crippen LogP contribution is 2.26. The number of hydrogen-bond acceptors (Lipinski definition) is 11. The third-order valence-electron chi connectivity index (χ3n) is 3.67. The van der Waals surface area contributed by atoms with Crippen LogP contribution in [-0.4, -0.2) is 78.3 Å². The zero-order valence-corrected chi connectivity index (χ0v) is 15.8. The molecule has 0 aliphatic carbocycles. The van der Waals surface area contributed by atoms with Crippen molar-refractivity contribution in [3.63, 3.8) is 0 Å². The number of benzene rings is 1. The van der Waals surface area contributed by atoms with E-state index >= 15 is 0 Å². The number of hydrogen-bond donors (Lipinski definition) is 5. The van der Waals surface area contributed by atoms with Gasteiger partial charge in [-0.1, -0.05) is 0 Å². The summed E-state index contributed by atoms with van der Waals surface area (Å²) in [5.41, 5.74) is -0.288. The first kappa shape index (κ1) is 23.3. The predicted molar refractivity (Wildman–Crippen MR) is 90.4 cm³/mol. The minimum absolute atomic E-state index is 0.0965. The quantitative estimate of drug-likeness (QED) is 0.161. The topological polar surface area (TPSA) is 232 Å². The first-order chi connectivity index (χ1) is 13.3. The van der Waals surface area contributed by atoms with E-state index in [4.69, 9.17) is 18.6 Å². The predicted octanol–water partition coefficient (Wildman–Crippen LogP) is -2.00. The first-order valence-electron chi connectivity index (χ1n) is 7.56. The Labute approximate surface area is 163 Å². The molecule has 15 nitrogen and oxygen atoms in total. The first-order valence-corrected chi connectivity index (χ1v) is 10.4. The molecule has 1 aromatic carbocycles. The molecule has 1 aliphatic rings. The van der Waals surface area contributed by atoms with E-state index in [1.807, 2.05) is 0 Å². The normalized spacial score (nSPS) is 28.1. The molecule has 0 saturated carbocycles. The number of nitrogens with one attached hydrogen (secondary N) is 1. The number of nitrogens with zero attached hydrogens (tertiary/aromatic N) is 1. The molecule has 5 atom stereocenters. The van der Waals surface area contributed by atoms with Crippen LogP contribution in [0.3, 0.4) is 0 Å². The number of aliphatic hydroxyl groups excluding tert-OH is 2. The van der Waals surface area contributed by atoms with Crippen LogP contribution in [-0.2, 0) is 29.6 Å². The average molecular weight is 460 g/mol. The molecular weight excluding hydrogens is 444 g/mol.